The molecule has 0 saturated heterocycles. The number of amides is 1. The molecular formula is C25H18ClNO4. The standard InChI is InChI=1S/C25H18ClNO4/c26-17-8-11-20-19(14-17)23(29)21-22(16-6-9-18(28)10-7-16)27(25(30)24(21)31-20)13-12-15-4-2-1-3-5-15/h1-11,14,22,28H,12-13H2/t22-/m1/s1. The van der Waals surface area contributed by atoms with Gasteiger partial charge in [-0.1, -0.05) is 54.1 Å². The lowest BCUT2D eigenvalue weighted by atomic mass is 9.98. The zero-order chi connectivity index (χ0) is 21.5. The minimum absolute atomic E-state index is 0.0611. The zero-order valence-corrected chi connectivity index (χ0v) is 17.2. The third-order valence-electron chi connectivity index (χ3n) is 5.62. The van der Waals surface area contributed by atoms with E-state index in [1.807, 2.05) is 30.3 Å². The Morgan fingerprint density at radius 1 is 0.968 bits per heavy atom. The van der Waals surface area contributed by atoms with Gasteiger partial charge in [0.2, 0.25) is 5.76 Å². The van der Waals surface area contributed by atoms with Crippen molar-refractivity contribution in [3.63, 3.8) is 0 Å². The van der Waals surface area contributed by atoms with E-state index in [0.717, 1.165) is 11.1 Å². The van der Waals surface area contributed by atoms with E-state index in [1.54, 1.807) is 47.4 Å². The lowest BCUT2D eigenvalue weighted by molar-refractivity contribution is 0.0730. The van der Waals surface area contributed by atoms with Gasteiger partial charge in [-0.05, 0) is 47.9 Å². The van der Waals surface area contributed by atoms with E-state index >= 15 is 0 Å². The number of phenols is 1. The summed E-state index contributed by atoms with van der Waals surface area (Å²) >= 11 is 6.10. The number of nitrogens with zero attached hydrogens (tertiary/aromatic N) is 1. The van der Waals surface area contributed by atoms with Crippen molar-refractivity contribution in [3.05, 3.63) is 110 Å². The molecule has 31 heavy (non-hydrogen) atoms. The van der Waals surface area contributed by atoms with Gasteiger partial charge in [0.25, 0.3) is 5.91 Å². The number of carbonyl (C=O) groups excluding carboxylic acids is 1. The molecule has 1 N–H and O–H groups in total. The van der Waals surface area contributed by atoms with Crippen LogP contribution in [-0.2, 0) is 6.42 Å². The van der Waals surface area contributed by atoms with Gasteiger partial charge in [-0.15, -0.1) is 0 Å². The van der Waals surface area contributed by atoms with Gasteiger partial charge in [0, 0.05) is 11.6 Å². The van der Waals surface area contributed by atoms with Gasteiger partial charge in [0.15, 0.2) is 5.43 Å². The maximum Gasteiger partial charge on any atom is 0.290 e. The lowest BCUT2D eigenvalue weighted by Crippen LogP contribution is -2.31. The summed E-state index contributed by atoms with van der Waals surface area (Å²) in [6.45, 7) is 0.412. The smallest absolute Gasteiger partial charge is 0.290 e. The molecule has 4 aromatic rings. The second kappa shape index (κ2) is 7.60. The van der Waals surface area contributed by atoms with E-state index < -0.39 is 6.04 Å². The number of halogens is 1. The van der Waals surface area contributed by atoms with Gasteiger partial charge in [-0.3, -0.25) is 9.59 Å². The van der Waals surface area contributed by atoms with Crippen LogP contribution in [0.4, 0.5) is 0 Å². The molecule has 0 bridgehead atoms. The number of benzene rings is 3. The Hall–Kier alpha value is -3.57. The van der Waals surface area contributed by atoms with Crippen molar-refractivity contribution in [1.82, 2.24) is 4.90 Å². The predicted molar refractivity (Wildman–Crippen MR) is 119 cm³/mol. The van der Waals surface area contributed by atoms with Crippen LogP contribution in [0.1, 0.15) is 33.3 Å². The number of aromatic hydroxyl groups is 1. The Kier molecular flexibility index (Phi) is 4.75. The van der Waals surface area contributed by atoms with Crippen LogP contribution in [0.5, 0.6) is 5.75 Å². The molecule has 0 spiro atoms. The monoisotopic (exact) mass is 431 g/mol. The van der Waals surface area contributed by atoms with Gasteiger partial charge >= 0.3 is 0 Å². The fraction of sp³-hybridized carbons (Fsp3) is 0.120. The number of hydrogen-bond acceptors (Lipinski definition) is 4. The normalized spacial score (nSPS) is 15.5. The minimum atomic E-state index is -0.605. The summed E-state index contributed by atoms with van der Waals surface area (Å²) in [6, 6.07) is 20.6. The quantitative estimate of drug-likeness (QED) is 0.497. The molecule has 0 fully saturated rings. The Bertz CT molecular complexity index is 1350. The Morgan fingerprint density at radius 3 is 2.45 bits per heavy atom. The van der Waals surface area contributed by atoms with Crippen molar-refractivity contribution in [2.45, 2.75) is 12.5 Å². The number of rotatable bonds is 4. The third-order valence-corrected chi connectivity index (χ3v) is 5.86. The van der Waals surface area contributed by atoms with Crippen molar-refractivity contribution in [1.29, 1.82) is 0 Å². The highest BCUT2D eigenvalue weighted by Crippen LogP contribution is 2.38. The van der Waals surface area contributed by atoms with E-state index in [2.05, 4.69) is 0 Å². The van der Waals surface area contributed by atoms with Crippen LogP contribution in [0.15, 0.2) is 82.0 Å². The Balaban J connectivity index is 1.66. The van der Waals surface area contributed by atoms with Gasteiger partial charge in [-0.25, -0.2) is 0 Å². The van der Waals surface area contributed by atoms with Gasteiger partial charge in [-0.2, -0.15) is 0 Å². The number of carbonyl (C=O) groups is 1. The number of phenolic OH excluding ortho intramolecular Hbond substituents is 1. The van der Waals surface area contributed by atoms with Gasteiger partial charge in [0.1, 0.15) is 11.3 Å². The molecule has 0 unspecified atom stereocenters. The molecule has 0 aliphatic carbocycles. The molecule has 5 nitrogen and oxygen atoms in total. The SMILES string of the molecule is O=C1c2oc3ccc(Cl)cc3c(=O)c2[C@@H](c2ccc(O)cc2)N1CCc1ccccc1. The molecule has 0 radical (unpaired) electrons. The Morgan fingerprint density at radius 2 is 1.71 bits per heavy atom. The summed E-state index contributed by atoms with van der Waals surface area (Å²) in [5.41, 5.74) is 2.18. The molecule has 3 aromatic carbocycles. The first-order valence-corrected chi connectivity index (χ1v) is 10.3. The van der Waals surface area contributed by atoms with Crippen LogP contribution in [-0.4, -0.2) is 22.5 Å². The van der Waals surface area contributed by atoms with Gasteiger partial charge < -0.3 is 14.4 Å². The number of fused-ring (bicyclic) bond motifs is 2. The molecule has 1 aliphatic rings. The highest BCUT2D eigenvalue weighted by atomic mass is 35.5. The highest BCUT2D eigenvalue weighted by molar-refractivity contribution is 6.31. The average Bonchev–Trinajstić information content (AvgIpc) is 3.06. The highest BCUT2D eigenvalue weighted by Gasteiger charge is 2.42. The van der Waals surface area contributed by atoms with Crippen LogP contribution >= 0.6 is 11.6 Å². The van der Waals surface area contributed by atoms with Crippen molar-refractivity contribution in [3.8, 4) is 5.75 Å². The molecule has 5 rings (SSSR count). The minimum Gasteiger partial charge on any atom is -0.508 e. The molecule has 1 atom stereocenters. The first-order valence-electron chi connectivity index (χ1n) is 9.93. The average molecular weight is 432 g/mol. The summed E-state index contributed by atoms with van der Waals surface area (Å²) in [4.78, 5) is 28.5. The maximum atomic E-state index is 13.4. The van der Waals surface area contributed by atoms with Crippen molar-refractivity contribution < 1.29 is 14.3 Å². The van der Waals surface area contributed by atoms with E-state index in [4.69, 9.17) is 16.0 Å². The molecule has 0 saturated carbocycles. The Labute approximate surface area is 183 Å². The summed E-state index contributed by atoms with van der Waals surface area (Å²) < 4.78 is 5.91. The summed E-state index contributed by atoms with van der Waals surface area (Å²) in [5, 5.41) is 10.5. The lowest BCUT2D eigenvalue weighted by Gasteiger charge is -2.25. The largest absolute Gasteiger partial charge is 0.508 e. The van der Waals surface area contributed by atoms with Crippen LogP contribution in [0.3, 0.4) is 0 Å². The van der Waals surface area contributed by atoms with Crippen LogP contribution < -0.4 is 5.43 Å². The molecule has 2 heterocycles. The molecule has 1 aliphatic heterocycles. The van der Waals surface area contributed by atoms with Crippen molar-refractivity contribution in [2.24, 2.45) is 0 Å². The van der Waals surface area contributed by atoms with Crippen LogP contribution in [0, 0.1) is 0 Å². The third kappa shape index (κ3) is 3.37. The second-order valence-electron chi connectivity index (χ2n) is 7.54. The van der Waals surface area contributed by atoms with Crippen LogP contribution in [0.2, 0.25) is 5.02 Å². The fourth-order valence-corrected chi connectivity index (χ4v) is 4.29. The van der Waals surface area contributed by atoms with E-state index in [1.165, 1.54) is 0 Å². The van der Waals surface area contributed by atoms with Gasteiger partial charge in [0.05, 0.1) is 17.0 Å². The molecule has 154 valence electrons. The molecule has 1 aromatic heterocycles. The fourth-order valence-electron chi connectivity index (χ4n) is 4.12. The summed E-state index contributed by atoms with van der Waals surface area (Å²) in [6.07, 6.45) is 0.634. The zero-order valence-electron chi connectivity index (χ0n) is 16.4. The first kappa shape index (κ1) is 19.4. The van der Waals surface area contributed by atoms with Crippen molar-refractivity contribution >= 4 is 28.5 Å². The molecule has 6 heteroatoms. The number of hydrogen-bond donors (Lipinski definition) is 1. The molecule has 1 amide bonds. The van der Waals surface area contributed by atoms with E-state index in [0.29, 0.717) is 34.5 Å². The predicted octanol–water partition coefficient (Wildman–Crippen LogP) is 4.94. The maximum absolute atomic E-state index is 13.4. The molecular weight excluding hydrogens is 414 g/mol. The topological polar surface area (TPSA) is 70.8 Å². The van der Waals surface area contributed by atoms with E-state index in [9.17, 15) is 14.7 Å². The summed E-state index contributed by atoms with van der Waals surface area (Å²) in [5.74, 6) is -0.148. The summed E-state index contributed by atoms with van der Waals surface area (Å²) in [7, 11) is 0. The van der Waals surface area contributed by atoms with Crippen molar-refractivity contribution in [2.75, 3.05) is 6.54 Å². The van der Waals surface area contributed by atoms with Crippen LogP contribution in [0.25, 0.3) is 11.0 Å². The first-order chi connectivity index (χ1) is 15.0. The van der Waals surface area contributed by atoms with E-state index in [-0.39, 0.29) is 22.8 Å². The second-order valence-corrected chi connectivity index (χ2v) is 7.98.